The zero-order valence-electron chi connectivity index (χ0n) is 16.9. The Morgan fingerprint density at radius 3 is 2.24 bits per heavy atom. The molecule has 2 aliphatic heterocycles. The van der Waals surface area contributed by atoms with Crippen LogP contribution in [0.2, 0.25) is 0 Å². The molecule has 0 radical (unpaired) electrons. The third kappa shape index (κ3) is 2.91. The fourth-order valence-electron chi connectivity index (χ4n) is 5.22. The molecule has 0 N–H and O–H groups in total. The van der Waals surface area contributed by atoms with Crippen LogP contribution in [0.4, 0.5) is 13.2 Å². The highest BCUT2D eigenvalue weighted by Crippen LogP contribution is 2.62. The number of hydrogen-bond donors (Lipinski definition) is 0. The summed E-state index contributed by atoms with van der Waals surface area (Å²) in [6, 6.07) is 9.73. The molecule has 0 spiro atoms. The molecule has 5 rings (SSSR count). The van der Waals surface area contributed by atoms with Crippen LogP contribution in [0.1, 0.15) is 62.0 Å². The van der Waals surface area contributed by atoms with Crippen molar-refractivity contribution in [1.29, 1.82) is 0 Å². The molecule has 0 saturated heterocycles. The molecule has 1 aromatic heterocycles. The topological polar surface area (TPSA) is 22.3 Å². The van der Waals surface area contributed by atoms with Crippen LogP contribution in [-0.2, 0) is 15.7 Å². The van der Waals surface area contributed by atoms with Crippen LogP contribution in [0.15, 0.2) is 42.6 Å². The minimum absolute atomic E-state index is 0. The lowest BCUT2D eigenvalue weighted by molar-refractivity contribution is -0.755. The van der Waals surface area contributed by atoms with Crippen molar-refractivity contribution in [2.45, 2.75) is 51.6 Å². The second kappa shape index (κ2) is 7.25. The number of hydrogen-bond acceptors (Lipinski definition) is 2. The van der Waals surface area contributed by atoms with Crippen molar-refractivity contribution in [2.24, 2.45) is 5.41 Å². The number of halogens is 4. The summed E-state index contributed by atoms with van der Waals surface area (Å²) >= 11 is 0. The highest BCUT2D eigenvalue weighted by molar-refractivity contribution is 5.48. The van der Waals surface area contributed by atoms with Crippen LogP contribution >= 0.6 is 0 Å². The van der Waals surface area contributed by atoms with E-state index in [0.717, 1.165) is 11.3 Å². The summed E-state index contributed by atoms with van der Waals surface area (Å²) in [5.74, 6) is -1.49. The number of pyridine rings is 1. The Morgan fingerprint density at radius 2 is 1.66 bits per heavy atom. The Hall–Kier alpha value is -1.63. The van der Waals surface area contributed by atoms with E-state index >= 15 is 0 Å². The minimum Gasteiger partial charge on any atom is -1.00 e. The zero-order chi connectivity index (χ0) is 20.3. The molecule has 1 aliphatic carbocycles. The van der Waals surface area contributed by atoms with Crippen molar-refractivity contribution < 1.29 is 39.6 Å². The lowest BCUT2D eigenvalue weighted by Crippen LogP contribution is -3.00. The first-order chi connectivity index (χ1) is 13.2. The van der Waals surface area contributed by atoms with Gasteiger partial charge in [-0.1, -0.05) is 12.1 Å². The van der Waals surface area contributed by atoms with E-state index in [1.54, 1.807) is 6.07 Å². The molecule has 0 unspecified atom stereocenters. The Balaban J connectivity index is 0.00000240. The van der Waals surface area contributed by atoms with Gasteiger partial charge in [-0.25, -0.2) is 0 Å². The van der Waals surface area contributed by atoms with Crippen LogP contribution in [0.25, 0.3) is 0 Å². The van der Waals surface area contributed by atoms with Crippen molar-refractivity contribution in [3.05, 3.63) is 65.0 Å². The maximum Gasteiger partial charge on any atom is 0.416 e. The molecule has 3 nitrogen and oxygen atoms in total. The average Bonchev–Trinajstić information content (AvgIpc) is 2.63. The molecule has 158 valence electrons. The smallest absolute Gasteiger partial charge is 0.416 e. The van der Waals surface area contributed by atoms with Gasteiger partial charge in [0.25, 0.3) is 0 Å². The molecule has 2 bridgehead atoms. The normalized spacial score (nSPS) is 23.1. The molecular weight excluding hydrogens is 403 g/mol. The van der Waals surface area contributed by atoms with E-state index in [2.05, 4.69) is 18.4 Å². The van der Waals surface area contributed by atoms with Crippen molar-refractivity contribution in [1.82, 2.24) is 0 Å². The summed E-state index contributed by atoms with van der Waals surface area (Å²) in [6.45, 7) is 8.77. The van der Waals surface area contributed by atoms with Crippen LogP contribution < -0.4 is 17.0 Å². The highest BCUT2D eigenvalue weighted by atomic mass is 35.5. The lowest BCUT2D eigenvalue weighted by Gasteiger charge is -2.57. The fourth-order valence-corrected chi connectivity index (χ4v) is 5.22. The van der Waals surface area contributed by atoms with Crippen LogP contribution in [-0.4, -0.2) is 19.0 Å². The van der Waals surface area contributed by atoms with Gasteiger partial charge in [0.1, 0.15) is 5.92 Å². The molecule has 3 heterocycles. The Morgan fingerprint density at radius 1 is 1.00 bits per heavy atom. The first kappa shape index (κ1) is 22.1. The summed E-state index contributed by atoms with van der Waals surface area (Å²) in [7, 11) is 0. The SMILES string of the molecule is CCOC1(OCC)[C@H]2c3cc(C(F)(F)F)ccc3[C@H]([n+]3ccccc32)C1(C)C.[Cl-]. The van der Waals surface area contributed by atoms with Gasteiger partial charge in [0.2, 0.25) is 0 Å². The van der Waals surface area contributed by atoms with Gasteiger partial charge in [-0.2, -0.15) is 17.7 Å². The summed E-state index contributed by atoms with van der Waals surface area (Å²) in [4.78, 5) is 0. The Kier molecular flexibility index (Phi) is 5.52. The lowest BCUT2D eigenvalue weighted by atomic mass is 9.57. The molecule has 3 aliphatic rings. The molecular formula is C22H25ClF3NO2. The average molecular weight is 428 g/mol. The van der Waals surface area contributed by atoms with Crippen molar-refractivity contribution in [2.75, 3.05) is 13.2 Å². The third-order valence-corrected chi connectivity index (χ3v) is 6.20. The quantitative estimate of drug-likeness (QED) is 0.549. The van der Waals surface area contributed by atoms with Crippen LogP contribution in [0.3, 0.4) is 0 Å². The summed E-state index contributed by atoms with van der Waals surface area (Å²) < 4.78 is 55.1. The Labute approximate surface area is 175 Å². The van der Waals surface area contributed by atoms with Gasteiger partial charge in [-0.3, -0.25) is 0 Å². The highest BCUT2D eigenvalue weighted by Gasteiger charge is 2.70. The van der Waals surface area contributed by atoms with E-state index in [-0.39, 0.29) is 18.4 Å². The van der Waals surface area contributed by atoms with Crippen LogP contribution in [0, 0.1) is 5.41 Å². The number of ether oxygens (including phenoxy) is 2. The van der Waals surface area contributed by atoms with E-state index in [0.29, 0.717) is 18.8 Å². The molecule has 0 amide bonds. The first-order valence-corrected chi connectivity index (χ1v) is 9.68. The van der Waals surface area contributed by atoms with Crippen molar-refractivity contribution >= 4 is 0 Å². The van der Waals surface area contributed by atoms with Crippen LogP contribution in [0.5, 0.6) is 0 Å². The van der Waals surface area contributed by atoms with E-state index in [1.165, 1.54) is 12.1 Å². The Bertz CT molecular complexity index is 907. The molecule has 7 heteroatoms. The molecule has 2 atom stereocenters. The first-order valence-electron chi connectivity index (χ1n) is 9.68. The van der Waals surface area contributed by atoms with Gasteiger partial charge >= 0.3 is 6.18 Å². The predicted molar refractivity (Wildman–Crippen MR) is 97.8 cm³/mol. The number of alkyl halides is 3. The predicted octanol–water partition coefficient (Wildman–Crippen LogP) is 1.84. The summed E-state index contributed by atoms with van der Waals surface area (Å²) in [6.07, 6.45) is -2.40. The largest absolute Gasteiger partial charge is 1.00 e. The minimum atomic E-state index is -4.40. The van der Waals surface area contributed by atoms with E-state index < -0.39 is 28.9 Å². The van der Waals surface area contributed by atoms with Gasteiger partial charge in [0.05, 0.1) is 11.0 Å². The van der Waals surface area contributed by atoms with E-state index in [1.807, 2.05) is 38.2 Å². The second-order valence-electron chi connectivity index (χ2n) is 7.96. The van der Waals surface area contributed by atoms with Gasteiger partial charge in [-0.15, -0.1) is 0 Å². The number of fused-ring (bicyclic) bond motifs is 1. The molecule has 2 aromatic rings. The van der Waals surface area contributed by atoms with E-state index in [4.69, 9.17) is 9.47 Å². The fraction of sp³-hybridized carbons (Fsp3) is 0.500. The summed E-state index contributed by atoms with van der Waals surface area (Å²) in [5, 5.41) is 0. The maximum atomic E-state index is 13.5. The monoisotopic (exact) mass is 427 g/mol. The molecule has 1 aromatic carbocycles. The van der Waals surface area contributed by atoms with Gasteiger partial charge in [0, 0.05) is 30.9 Å². The second-order valence-corrected chi connectivity index (χ2v) is 7.96. The summed E-state index contributed by atoms with van der Waals surface area (Å²) in [5.41, 5.74) is 1.34. The van der Waals surface area contributed by atoms with Crippen molar-refractivity contribution in [3.63, 3.8) is 0 Å². The molecule has 0 fully saturated rings. The standard InChI is InChI=1S/C22H25F3NO2.ClH/c1-5-27-21(28-6-2)18-16-13-14(22(23,24)25)10-11-15(16)19(20(21,3)4)26-12-8-7-9-17(18)26;/h7-13,18-19H,5-6H2,1-4H3;1H/q+1;/p-1/t18-,19-;/m0./s1. The number of rotatable bonds is 4. The number of aromatic nitrogens is 1. The van der Waals surface area contributed by atoms with Gasteiger partial charge < -0.3 is 21.9 Å². The zero-order valence-corrected chi connectivity index (χ0v) is 17.6. The third-order valence-electron chi connectivity index (χ3n) is 6.20. The molecule has 0 saturated carbocycles. The van der Waals surface area contributed by atoms with Crippen molar-refractivity contribution in [3.8, 4) is 0 Å². The molecule has 29 heavy (non-hydrogen) atoms. The maximum absolute atomic E-state index is 13.5. The number of benzene rings is 1. The van der Waals surface area contributed by atoms with Gasteiger partial charge in [0.15, 0.2) is 23.7 Å². The number of nitrogens with zero attached hydrogens (tertiary/aromatic N) is 1. The van der Waals surface area contributed by atoms with E-state index in [9.17, 15) is 13.2 Å². The van der Waals surface area contributed by atoms with Gasteiger partial charge in [-0.05, 0) is 45.4 Å².